The number of nitrogens with one attached hydrogen (secondary N) is 1. The van der Waals surface area contributed by atoms with Gasteiger partial charge in [-0.25, -0.2) is 10.1 Å². The smallest absolute Gasteiger partial charge is 0.294 e. The van der Waals surface area contributed by atoms with E-state index in [1.165, 1.54) is 24.1 Å². The largest absolute Gasteiger partial charge is 0.504 e. The molecule has 0 aliphatic rings. The van der Waals surface area contributed by atoms with E-state index < -0.39 is 5.91 Å². The van der Waals surface area contributed by atoms with Crippen molar-refractivity contribution in [3.8, 4) is 34.3 Å². The molecular formula is C21H20N8O5. The number of carbonyl (C=O) groups excluding carboxylic acids is 1. The number of methoxy groups -OCH3 is 1. The molecule has 13 nitrogen and oxygen atoms in total. The first kappa shape index (κ1) is 22.3. The monoisotopic (exact) mass is 464 g/mol. The summed E-state index contributed by atoms with van der Waals surface area (Å²) in [5.74, 6) is 0.237. The third-order valence-corrected chi connectivity index (χ3v) is 4.58. The molecule has 0 fully saturated rings. The van der Waals surface area contributed by atoms with Crippen LogP contribution in [0.15, 0.2) is 52.2 Å². The number of hydrogen-bond donors (Lipinski definition) is 3. The van der Waals surface area contributed by atoms with Gasteiger partial charge < -0.3 is 20.3 Å². The Hall–Kier alpha value is -4.94. The van der Waals surface area contributed by atoms with Crippen molar-refractivity contribution in [2.24, 2.45) is 5.10 Å². The fraction of sp³-hybridized carbons (Fsp3) is 0.143. The molecule has 0 atom stereocenters. The predicted octanol–water partition coefficient (Wildman–Crippen LogP) is 1.78. The Morgan fingerprint density at radius 2 is 2.15 bits per heavy atom. The van der Waals surface area contributed by atoms with Crippen LogP contribution in [0.25, 0.3) is 17.1 Å². The lowest BCUT2D eigenvalue weighted by atomic mass is 10.1. The molecular weight excluding hydrogens is 444 g/mol. The van der Waals surface area contributed by atoms with E-state index in [-0.39, 0.29) is 28.8 Å². The summed E-state index contributed by atoms with van der Waals surface area (Å²) in [4.78, 5) is 12.9. The molecule has 13 heteroatoms. The lowest BCUT2D eigenvalue weighted by Gasteiger charge is -2.08. The van der Waals surface area contributed by atoms with Crippen LogP contribution in [0.2, 0.25) is 0 Å². The van der Waals surface area contributed by atoms with Gasteiger partial charge in [-0.15, -0.1) is 5.10 Å². The summed E-state index contributed by atoms with van der Waals surface area (Å²) in [6.45, 7) is 2.32. The van der Waals surface area contributed by atoms with Crippen molar-refractivity contribution in [3.63, 3.8) is 0 Å². The molecule has 0 saturated heterocycles. The van der Waals surface area contributed by atoms with Gasteiger partial charge in [-0.05, 0) is 53.1 Å². The summed E-state index contributed by atoms with van der Waals surface area (Å²) in [5, 5.41) is 29.1. The van der Waals surface area contributed by atoms with Gasteiger partial charge in [0.15, 0.2) is 17.2 Å². The zero-order chi connectivity index (χ0) is 24.1. The molecule has 1 amide bonds. The number of amides is 1. The molecule has 0 bridgehead atoms. The molecule has 0 saturated carbocycles. The highest BCUT2D eigenvalue weighted by molar-refractivity contribution is 5.99. The molecule has 0 aliphatic carbocycles. The average molecular weight is 464 g/mol. The van der Waals surface area contributed by atoms with Crippen LogP contribution in [0.3, 0.4) is 0 Å². The Morgan fingerprint density at radius 3 is 2.85 bits per heavy atom. The number of ether oxygens (including phenoxy) is 2. The SMILES string of the molecule is CCOc1cccc(-c2c(C(=O)N/N=C\c3ccc(OC)c(O)c3)nnn2-c2nonc2N)c1. The van der Waals surface area contributed by atoms with Crippen LogP contribution >= 0.6 is 0 Å². The normalized spacial score (nSPS) is 11.0. The quantitative estimate of drug-likeness (QED) is 0.257. The van der Waals surface area contributed by atoms with Gasteiger partial charge in [0.05, 0.1) is 19.9 Å². The molecule has 2 aromatic carbocycles. The van der Waals surface area contributed by atoms with Gasteiger partial charge in [-0.3, -0.25) is 4.79 Å². The van der Waals surface area contributed by atoms with E-state index in [1.807, 2.05) is 6.92 Å². The molecule has 2 heterocycles. The fourth-order valence-corrected chi connectivity index (χ4v) is 3.09. The van der Waals surface area contributed by atoms with E-state index >= 15 is 0 Å². The van der Waals surface area contributed by atoms with Gasteiger partial charge in [-0.1, -0.05) is 17.3 Å². The van der Waals surface area contributed by atoms with E-state index in [0.717, 1.165) is 0 Å². The van der Waals surface area contributed by atoms with Crippen molar-refractivity contribution in [1.82, 2.24) is 30.7 Å². The Labute approximate surface area is 192 Å². The second kappa shape index (κ2) is 9.68. The molecule has 34 heavy (non-hydrogen) atoms. The summed E-state index contributed by atoms with van der Waals surface area (Å²) >= 11 is 0. The van der Waals surface area contributed by atoms with Crippen molar-refractivity contribution in [2.45, 2.75) is 6.92 Å². The van der Waals surface area contributed by atoms with Crippen LogP contribution in [0.5, 0.6) is 17.2 Å². The number of phenolic OH excluding ortho intramolecular Hbond substituents is 1. The van der Waals surface area contributed by atoms with Crippen molar-refractivity contribution in [3.05, 3.63) is 53.7 Å². The fourth-order valence-electron chi connectivity index (χ4n) is 3.09. The van der Waals surface area contributed by atoms with E-state index in [4.69, 9.17) is 15.2 Å². The predicted molar refractivity (Wildman–Crippen MR) is 120 cm³/mol. The van der Waals surface area contributed by atoms with E-state index in [2.05, 4.69) is 35.8 Å². The minimum Gasteiger partial charge on any atom is -0.504 e. The lowest BCUT2D eigenvalue weighted by molar-refractivity contribution is 0.0950. The first-order chi connectivity index (χ1) is 16.5. The highest BCUT2D eigenvalue weighted by Crippen LogP contribution is 2.29. The van der Waals surface area contributed by atoms with E-state index in [1.54, 1.807) is 36.4 Å². The van der Waals surface area contributed by atoms with Gasteiger partial charge in [0, 0.05) is 5.56 Å². The van der Waals surface area contributed by atoms with Crippen LogP contribution in [-0.2, 0) is 0 Å². The van der Waals surface area contributed by atoms with E-state index in [9.17, 15) is 9.90 Å². The number of hydrazone groups is 1. The number of rotatable bonds is 8. The topological polar surface area (TPSA) is 176 Å². The van der Waals surface area contributed by atoms with Gasteiger partial charge in [0.25, 0.3) is 5.91 Å². The van der Waals surface area contributed by atoms with Crippen LogP contribution in [0.1, 0.15) is 23.0 Å². The van der Waals surface area contributed by atoms with Crippen LogP contribution < -0.4 is 20.6 Å². The second-order valence-corrected chi connectivity index (χ2v) is 6.76. The number of aromatic nitrogens is 5. The van der Waals surface area contributed by atoms with Gasteiger partial charge >= 0.3 is 0 Å². The summed E-state index contributed by atoms with van der Waals surface area (Å²) in [6, 6.07) is 11.7. The van der Waals surface area contributed by atoms with Crippen LogP contribution in [0, 0.1) is 0 Å². The standard InChI is InChI=1S/C21H20N8O5/c1-3-33-14-6-4-5-13(10-14)18-17(24-28-29(18)20-19(22)26-34-27-20)21(31)25-23-11-12-7-8-16(32-2)15(30)9-12/h4-11,30H,3H2,1-2H3,(H2,22,26)(H,25,31)/b23-11-. The lowest BCUT2D eigenvalue weighted by Crippen LogP contribution is -2.19. The van der Waals surface area contributed by atoms with Gasteiger partial charge in [0.2, 0.25) is 11.6 Å². The number of benzene rings is 2. The van der Waals surface area contributed by atoms with Crippen LogP contribution in [0.4, 0.5) is 5.82 Å². The molecule has 4 N–H and O–H groups in total. The minimum atomic E-state index is -0.646. The third-order valence-electron chi connectivity index (χ3n) is 4.58. The maximum Gasteiger partial charge on any atom is 0.294 e. The van der Waals surface area contributed by atoms with Gasteiger partial charge in [-0.2, -0.15) is 9.78 Å². The first-order valence-electron chi connectivity index (χ1n) is 9.99. The molecule has 2 aromatic heterocycles. The number of aromatic hydroxyl groups is 1. The molecule has 0 aliphatic heterocycles. The highest BCUT2D eigenvalue weighted by atomic mass is 16.6. The molecule has 174 valence electrons. The number of carbonyl (C=O) groups is 1. The first-order valence-corrected chi connectivity index (χ1v) is 9.99. The molecule has 0 spiro atoms. The number of anilines is 1. The Morgan fingerprint density at radius 1 is 1.29 bits per heavy atom. The number of nitrogens with zero attached hydrogens (tertiary/aromatic N) is 6. The number of nitrogens with two attached hydrogens (primary N) is 1. The minimum absolute atomic E-state index is 0.0311. The molecule has 4 aromatic rings. The summed E-state index contributed by atoms with van der Waals surface area (Å²) in [6.07, 6.45) is 1.36. The third kappa shape index (κ3) is 4.48. The highest BCUT2D eigenvalue weighted by Gasteiger charge is 2.25. The van der Waals surface area contributed by atoms with E-state index in [0.29, 0.717) is 29.2 Å². The number of hydrogen-bond acceptors (Lipinski definition) is 11. The van der Waals surface area contributed by atoms with Crippen molar-refractivity contribution in [2.75, 3.05) is 19.5 Å². The number of phenols is 1. The van der Waals surface area contributed by atoms with Crippen LogP contribution in [-0.4, -0.2) is 56.3 Å². The molecule has 4 rings (SSSR count). The molecule has 0 radical (unpaired) electrons. The Bertz CT molecular complexity index is 1350. The average Bonchev–Trinajstić information content (AvgIpc) is 3.45. The van der Waals surface area contributed by atoms with Crippen molar-refractivity contribution in [1.29, 1.82) is 0 Å². The Kier molecular flexibility index (Phi) is 6.34. The van der Waals surface area contributed by atoms with Crippen molar-refractivity contribution < 1.29 is 24.0 Å². The maximum atomic E-state index is 12.9. The zero-order valence-electron chi connectivity index (χ0n) is 18.2. The molecule has 0 unspecified atom stereocenters. The van der Waals surface area contributed by atoms with Gasteiger partial charge in [0.1, 0.15) is 11.4 Å². The number of nitrogen functional groups attached to an aromatic ring is 1. The summed E-state index contributed by atoms with van der Waals surface area (Å²) in [5.41, 5.74) is 9.55. The Balaban J connectivity index is 1.67. The zero-order valence-corrected chi connectivity index (χ0v) is 18.2. The maximum absolute atomic E-state index is 12.9. The summed E-state index contributed by atoms with van der Waals surface area (Å²) in [7, 11) is 1.45. The second-order valence-electron chi connectivity index (χ2n) is 6.76. The summed E-state index contributed by atoms with van der Waals surface area (Å²) < 4.78 is 16.5. The van der Waals surface area contributed by atoms with Crippen molar-refractivity contribution >= 4 is 17.9 Å².